The lowest BCUT2D eigenvalue weighted by atomic mass is 9.79. The van der Waals surface area contributed by atoms with Crippen molar-refractivity contribution in [3.05, 3.63) is 52.7 Å². The Hall–Kier alpha value is -2.34. The van der Waals surface area contributed by atoms with Crippen LogP contribution in [0, 0.1) is 13.8 Å². The van der Waals surface area contributed by atoms with E-state index in [9.17, 15) is 9.90 Å². The molecule has 0 fully saturated rings. The number of benzene rings is 1. The van der Waals surface area contributed by atoms with Crippen LogP contribution in [0.4, 0.5) is 4.79 Å². The molecule has 0 spiro atoms. The number of urea groups is 1. The average molecular weight is 329 g/mol. The monoisotopic (exact) mass is 329 g/mol. The summed E-state index contributed by atoms with van der Waals surface area (Å²) in [7, 11) is 0. The van der Waals surface area contributed by atoms with Gasteiger partial charge in [-0.15, -0.1) is 0 Å². The van der Waals surface area contributed by atoms with E-state index in [0.29, 0.717) is 12.3 Å². The minimum atomic E-state index is -1.01. The van der Waals surface area contributed by atoms with Gasteiger partial charge in [0.2, 0.25) is 5.89 Å². The number of nitrogens with one attached hydrogen (secondary N) is 2. The van der Waals surface area contributed by atoms with Crippen LogP contribution in [0.25, 0.3) is 0 Å². The van der Waals surface area contributed by atoms with Crippen LogP contribution in [0.2, 0.25) is 0 Å². The minimum absolute atomic E-state index is 0.180. The van der Waals surface area contributed by atoms with E-state index in [4.69, 9.17) is 4.42 Å². The van der Waals surface area contributed by atoms with E-state index in [0.717, 1.165) is 35.4 Å². The van der Waals surface area contributed by atoms with Crippen LogP contribution < -0.4 is 10.6 Å². The molecular weight excluding hydrogens is 306 g/mol. The zero-order valence-electron chi connectivity index (χ0n) is 14.1. The Kier molecular flexibility index (Phi) is 4.57. The van der Waals surface area contributed by atoms with Crippen molar-refractivity contribution in [2.45, 2.75) is 45.3 Å². The summed E-state index contributed by atoms with van der Waals surface area (Å²) >= 11 is 0. The first-order valence-electron chi connectivity index (χ1n) is 8.23. The summed E-state index contributed by atoms with van der Waals surface area (Å²) in [6.07, 6.45) is 2.52. The lowest BCUT2D eigenvalue weighted by molar-refractivity contribution is 0.0217. The Labute approximate surface area is 141 Å². The summed E-state index contributed by atoms with van der Waals surface area (Å²) < 4.78 is 5.42. The van der Waals surface area contributed by atoms with Gasteiger partial charge in [0.1, 0.15) is 11.4 Å². The molecule has 0 radical (unpaired) electrons. The number of rotatable bonds is 4. The molecule has 6 heteroatoms. The van der Waals surface area contributed by atoms with Crippen LogP contribution in [0.5, 0.6) is 0 Å². The molecule has 1 aliphatic rings. The van der Waals surface area contributed by atoms with Gasteiger partial charge >= 0.3 is 6.03 Å². The molecule has 1 atom stereocenters. The summed E-state index contributed by atoms with van der Waals surface area (Å²) in [5, 5.41) is 16.4. The third-order valence-corrected chi connectivity index (χ3v) is 4.57. The van der Waals surface area contributed by atoms with Gasteiger partial charge < -0.3 is 20.2 Å². The van der Waals surface area contributed by atoms with Gasteiger partial charge in [0.05, 0.1) is 18.8 Å². The van der Waals surface area contributed by atoms with Gasteiger partial charge in [0, 0.05) is 0 Å². The fourth-order valence-corrected chi connectivity index (χ4v) is 3.14. The molecule has 0 bridgehead atoms. The lowest BCUT2D eigenvalue weighted by Gasteiger charge is -2.34. The van der Waals surface area contributed by atoms with E-state index >= 15 is 0 Å². The number of fused-ring (bicyclic) bond motifs is 1. The number of hydrogen-bond donors (Lipinski definition) is 3. The van der Waals surface area contributed by atoms with Crippen molar-refractivity contribution in [1.82, 2.24) is 15.6 Å². The number of aliphatic hydroxyl groups is 1. The molecule has 6 nitrogen and oxygen atoms in total. The van der Waals surface area contributed by atoms with E-state index in [2.05, 4.69) is 15.6 Å². The molecule has 128 valence electrons. The van der Waals surface area contributed by atoms with Crippen molar-refractivity contribution in [2.75, 3.05) is 6.54 Å². The predicted octanol–water partition coefficient (Wildman–Crippen LogP) is 2.31. The number of aromatic nitrogens is 1. The second-order valence-electron chi connectivity index (χ2n) is 6.33. The summed E-state index contributed by atoms with van der Waals surface area (Å²) in [6, 6.07) is 7.52. The molecule has 24 heavy (non-hydrogen) atoms. The van der Waals surface area contributed by atoms with Crippen LogP contribution in [0.3, 0.4) is 0 Å². The Morgan fingerprint density at radius 2 is 2.12 bits per heavy atom. The smallest absolute Gasteiger partial charge is 0.315 e. The van der Waals surface area contributed by atoms with Crippen molar-refractivity contribution >= 4 is 6.03 Å². The molecule has 0 aliphatic heterocycles. The Bertz CT molecular complexity index is 721. The maximum atomic E-state index is 12.0. The van der Waals surface area contributed by atoms with Crippen molar-refractivity contribution in [3.63, 3.8) is 0 Å². The number of nitrogens with zero attached hydrogens (tertiary/aromatic N) is 1. The van der Waals surface area contributed by atoms with E-state index in [1.165, 1.54) is 0 Å². The Morgan fingerprint density at radius 3 is 2.88 bits per heavy atom. The lowest BCUT2D eigenvalue weighted by Crippen LogP contribution is -2.46. The SMILES string of the molecule is Cc1nc(CNC(=O)NCC2(O)CCCc3ccccc32)oc1C. The quantitative estimate of drug-likeness (QED) is 0.803. The molecule has 1 unspecified atom stereocenters. The van der Waals surface area contributed by atoms with Gasteiger partial charge in [-0.3, -0.25) is 0 Å². The molecule has 1 aromatic carbocycles. The summed E-state index contributed by atoms with van der Waals surface area (Å²) in [5.41, 5.74) is 1.87. The van der Waals surface area contributed by atoms with Crippen LogP contribution >= 0.6 is 0 Å². The van der Waals surface area contributed by atoms with E-state index < -0.39 is 5.60 Å². The summed E-state index contributed by atoms with van der Waals surface area (Å²) in [4.78, 5) is 16.2. The summed E-state index contributed by atoms with van der Waals surface area (Å²) in [5.74, 6) is 1.22. The zero-order chi connectivity index (χ0) is 17.2. The summed E-state index contributed by atoms with van der Waals surface area (Å²) in [6.45, 7) is 4.09. The molecule has 3 rings (SSSR count). The maximum absolute atomic E-state index is 12.0. The van der Waals surface area contributed by atoms with Crippen molar-refractivity contribution in [2.24, 2.45) is 0 Å². The third kappa shape index (κ3) is 3.43. The predicted molar refractivity (Wildman–Crippen MR) is 89.5 cm³/mol. The van der Waals surface area contributed by atoms with Gasteiger partial charge in [-0.2, -0.15) is 0 Å². The zero-order valence-corrected chi connectivity index (χ0v) is 14.1. The first-order chi connectivity index (χ1) is 11.5. The molecule has 1 aromatic heterocycles. The second-order valence-corrected chi connectivity index (χ2v) is 6.33. The Morgan fingerprint density at radius 1 is 1.33 bits per heavy atom. The van der Waals surface area contributed by atoms with E-state index in [1.807, 2.05) is 38.1 Å². The number of aryl methyl sites for hydroxylation is 3. The number of carbonyl (C=O) groups excluding carboxylic acids is 1. The first-order valence-corrected chi connectivity index (χ1v) is 8.23. The molecule has 1 heterocycles. The number of amides is 2. The molecular formula is C18H23N3O3. The van der Waals surface area contributed by atoms with Crippen LogP contribution in [0.15, 0.2) is 28.7 Å². The van der Waals surface area contributed by atoms with Crippen molar-refractivity contribution in [1.29, 1.82) is 0 Å². The maximum Gasteiger partial charge on any atom is 0.315 e. The largest absolute Gasteiger partial charge is 0.444 e. The molecule has 0 saturated carbocycles. The fraction of sp³-hybridized carbons (Fsp3) is 0.444. The van der Waals surface area contributed by atoms with Crippen LogP contribution in [-0.4, -0.2) is 22.7 Å². The molecule has 2 amide bonds. The van der Waals surface area contributed by atoms with E-state index in [1.54, 1.807) is 0 Å². The fourth-order valence-electron chi connectivity index (χ4n) is 3.14. The molecule has 3 N–H and O–H groups in total. The highest BCUT2D eigenvalue weighted by Crippen LogP contribution is 2.34. The average Bonchev–Trinajstić information content (AvgIpc) is 2.90. The normalized spacial score (nSPS) is 19.6. The van der Waals surface area contributed by atoms with Gasteiger partial charge in [0.25, 0.3) is 0 Å². The highest BCUT2D eigenvalue weighted by atomic mass is 16.4. The highest BCUT2D eigenvalue weighted by molar-refractivity contribution is 5.73. The van der Waals surface area contributed by atoms with Crippen LogP contribution in [0.1, 0.15) is 41.3 Å². The number of carbonyl (C=O) groups is 1. The number of oxazole rings is 1. The second kappa shape index (κ2) is 6.65. The van der Waals surface area contributed by atoms with Crippen LogP contribution in [-0.2, 0) is 18.6 Å². The van der Waals surface area contributed by atoms with Gasteiger partial charge in [-0.05, 0) is 44.2 Å². The molecule has 1 aliphatic carbocycles. The minimum Gasteiger partial charge on any atom is -0.444 e. The van der Waals surface area contributed by atoms with Gasteiger partial charge in [0.15, 0.2) is 0 Å². The van der Waals surface area contributed by atoms with Gasteiger partial charge in [-0.25, -0.2) is 9.78 Å². The topological polar surface area (TPSA) is 87.4 Å². The van der Waals surface area contributed by atoms with Gasteiger partial charge in [-0.1, -0.05) is 24.3 Å². The molecule has 2 aromatic rings. The number of hydrogen-bond acceptors (Lipinski definition) is 4. The Balaban J connectivity index is 1.56. The van der Waals surface area contributed by atoms with E-state index in [-0.39, 0.29) is 19.1 Å². The molecule has 0 saturated heterocycles. The third-order valence-electron chi connectivity index (χ3n) is 4.57. The van der Waals surface area contributed by atoms with Crippen molar-refractivity contribution < 1.29 is 14.3 Å². The standard InChI is InChI=1S/C18H23N3O3/c1-12-13(2)24-16(21-12)10-19-17(22)20-11-18(23)9-5-7-14-6-3-4-8-15(14)18/h3-4,6,8,23H,5,7,9-11H2,1-2H3,(H2,19,20,22). The first kappa shape index (κ1) is 16.5. The highest BCUT2D eigenvalue weighted by Gasteiger charge is 2.34. The van der Waals surface area contributed by atoms with Crippen molar-refractivity contribution in [3.8, 4) is 0 Å².